The summed E-state index contributed by atoms with van der Waals surface area (Å²) < 4.78 is 53.4. The number of hydrogen-bond acceptors (Lipinski definition) is 8. The summed E-state index contributed by atoms with van der Waals surface area (Å²) in [4.78, 5) is 18.0. The molecule has 0 amide bonds. The minimum Gasteiger partial charge on any atom is -0.461 e. The largest absolute Gasteiger partial charge is 0.461 e. The number of aryl methyl sites for hydroxylation is 1. The number of alkyl halides is 1. The smallest absolute Gasteiger partial charge is 0.319 e. The third kappa shape index (κ3) is 4.30. The van der Waals surface area contributed by atoms with Gasteiger partial charge in [0.05, 0.1) is 16.8 Å². The Hall–Kier alpha value is -3.18. The number of ether oxygens (including phenoxy) is 1. The van der Waals surface area contributed by atoms with E-state index in [9.17, 15) is 4.39 Å². The average Bonchev–Trinajstić information content (AvgIpc) is 3.51. The number of benzene rings is 1. The second-order valence-corrected chi connectivity index (χ2v) is 13.1. The zero-order valence-corrected chi connectivity index (χ0v) is 23.8. The molecule has 1 aliphatic carbocycles. The molecular weight excluding hydrogens is 543 g/mol. The standard InChI is InChI=1S/C31H36F3N7O/c1-16-9-23(35)37-28(24(16)17-3-4-17)25-22(33)10-21-27(26(25)34)38-30(39-29(21)40-13-19-5-6-20(14-40)36-19)42-15-31-7-2-8-41(31)12-18(32)11-31/h9-10,17-20,36H,2-8,11-15H2,1H3,(H2,35,37)/t18-,19-,20+,31+/m1/s1. The van der Waals surface area contributed by atoms with Crippen molar-refractivity contribution in [3.63, 3.8) is 0 Å². The quantitative estimate of drug-likeness (QED) is 0.437. The Labute approximate surface area is 242 Å². The van der Waals surface area contributed by atoms with Crippen LogP contribution in [-0.2, 0) is 0 Å². The van der Waals surface area contributed by atoms with Crippen molar-refractivity contribution in [2.75, 3.05) is 43.4 Å². The van der Waals surface area contributed by atoms with E-state index in [0.29, 0.717) is 49.3 Å². The highest BCUT2D eigenvalue weighted by molar-refractivity contribution is 5.94. The van der Waals surface area contributed by atoms with Crippen LogP contribution in [0, 0.1) is 18.6 Å². The molecule has 6 heterocycles. The molecule has 0 unspecified atom stereocenters. The summed E-state index contributed by atoms with van der Waals surface area (Å²) in [6.45, 7) is 4.73. The fourth-order valence-electron chi connectivity index (χ4n) is 8.09. The fourth-order valence-corrected chi connectivity index (χ4v) is 8.09. The molecule has 2 aromatic heterocycles. The molecule has 3 aromatic rings. The number of nitrogen functional groups attached to an aromatic ring is 1. The van der Waals surface area contributed by atoms with Gasteiger partial charge in [-0.05, 0) is 81.2 Å². The second kappa shape index (κ2) is 9.67. The molecule has 8 nitrogen and oxygen atoms in total. The molecule has 2 bridgehead atoms. The van der Waals surface area contributed by atoms with Crippen LogP contribution in [0.3, 0.4) is 0 Å². The van der Waals surface area contributed by atoms with Gasteiger partial charge in [0.1, 0.15) is 35.7 Å². The zero-order valence-electron chi connectivity index (χ0n) is 23.8. The number of fused-ring (bicyclic) bond motifs is 4. The fraction of sp³-hybridized carbons (Fsp3) is 0.581. The van der Waals surface area contributed by atoms with Gasteiger partial charge in [-0.2, -0.15) is 9.97 Å². The normalized spacial score (nSPS) is 29.0. The van der Waals surface area contributed by atoms with Gasteiger partial charge in [-0.15, -0.1) is 0 Å². The third-order valence-corrected chi connectivity index (χ3v) is 10.1. The summed E-state index contributed by atoms with van der Waals surface area (Å²) >= 11 is 0. The van der Waals surface area contributed by atoms with Gasteiger partial charge in [0, 0.05) is 43.5 Å². The van der Waals surface area contributed by atoms with Crippen molar-refractivity contribution in [3.05, 3.63) is 34.9 Å². The Morgan fingerprint density at radius 2 is 1.86 bits per heavy atom. The molecule has 1 aromatic carbocycles. The lowest BCUT2D eigenvalue weighted by atomic mass is 9.95. The molecule has 42 heavy (non-hydrogen) atoms. The van der Waals surface area contributed by atoms with E-state index in [4.69, 9.17) is 15.5 Å². The van der Waals surface area contributed by atoms with Crippen molar-refractivity contribution in [3.8, 4) is 17.3 Å². The van der Waals surface area contributed by atoms with Gasteiger partial charge < -0.3 is 20.7 Å². The third-order valence-electron chi connectivity index (χ3n) is 10.1. The first-order valence-electron chi connectivity index (χ1n) is 15.3. The van der Waals surface area contributed by atoms with E-state index in [0.717, 1.165) is 56.2 Å². The molecule has 3 N–H and O–H groups in total. The predicted molar refractivity (Wildman–Crippen MR) is 155 cm³/mol. The Bertz CT molecular complexity index is 1570. The van der Waals surface area contributed by atoms with E-state index in [-0.39, 0.29) is 41.1 Å². The molecule has 222 valence electrons. The van der Waals surface area contributed by atoms with E-state index in [2.05, 4.69) is 25.1 Å². The van der Waals surface area contributed by atoms with Crippen LogP contribution in [0.15, 0.2) is 12.1 Å². The molecule has 5 aliphatic rings. The Kier molecular flexibility index (Phi) is 6.09. The van der Waals surface area contributed by atoms with Crippen LogP contribution in [0.4, 0.5) is 24.8 Å². The van der Waals surface area contributed by atoms with E-state index < -0.39 is 23.3 Å². The van der Waals surface area contributed by atoms with Gasteiger partial charge in [-0.1, -0.05) is 0 Å². The van der Waals surface area contributed by atoms with E-state index >= 15 is 8.78 Å². The maximum Gasteiger partial charge on any atom is 0.319 e. The molecule has 4 atom stereocenters. The first-order valence-corrected chi connectivity index (χ1v) is 15.3. The first kappa shape index (κ1) is 26.4. The minimum atomic E-state index is -0.892. The van der Waals surface area contributed by atoms with Gasteiger partial charge in [0.15, 0.2) is 5.82 Å². The number of halogens is 3. The van der Waals surface area contributed by atoms with Gasteiger partial charge in [-0.25, -0.2) is 18.2 Å². The molecular formula is C31H36F3N7O. The van der Waals surface area contributed by atoms with Crippen molar-refractivity contribution in [1.82, 2.24) is 25.2 Å². The van der Waals surface area contributed by atoms with Gasteiger partial charge in [0.25, 0.3) is 0 Å². The number of nitrogens with one attached hydrogen (secondary N) is 1. The predicted octanol–water partition coefficient (Wildman–Crippen LogP) is 4.63. The number of anilines is 2. The highest BCUT2D eigenvalue weighted by Gasteiger charge is 2.49. The summed E-state index contributed by atoms with van der Waals surface area (Å²) in [5, 5.41) is 3.91. The van der Waals surface area contributed by atoms with E-state index in [1.165, 1.54) is 6.07 Å². The minimum absolute atomic E-state index is 0.00327. The summed E-state index contributed by atoms with van der Waals surface area (Å²) in [6, 6.07) is 3.71. The van der Waals surface area contributed by atoms with Gasteiger partial charge in [-0.3, -0.25) is 4.90 Å². The molecule has 0 spiro atoms. The molecule has 0 radical (unpaired) electrons. The number of piperazine rings is 1. The monoisotopic (exact) mass is 579 g/mol. The van der Waals surface area contributed by atoms with Crippen molar-refractivity contribution < 1.29 is 17.9 Å². The number of nitrogens with two attached hydrogens (primary N) is 1. The topological polar surface area (TPSA) is 92.4 Å². The lowest BCUT2D eigenvalue weighted by Crippen LogP contribution is -2.51. The average molecular weight is 580 g/mol. The van der Waals surface area contributed by atoms with Crippen LogP contribution >= 0.6 is 0 Å². The van der Waals surface area contributed by atoms with Gasteiger partial charge >= 0.3 is 6.01 Å². The number of rotatable bonds is 6. The Morgan fingerprint density at radius 1 is 1.07 bits per heavy atom. The maximum atomic E-state index is 16.7. The molecule has 1 saturated carbocycles. The number of pyridine rings is 1. The number of nitrogens with zero attached hydrogens (tertiary/aromatic N) is 5. The van der Waals surface area contributed by atoms with Crippen LogP contribution < -0.4 is 20.7 Å². The second-order valence-electron chi connectivity index (χ2n) is 13.1. The molecule has 8 rings (SSSR count). The van der Waals surface area contributed by atoms with E-state index in [1.54, 1.807) is 6.07 Å². The Balaban J connectivity index is 1.26. The molecule has 4 aliphatic heterocycles. The number of aromatic nitrogens is 3. The summed E-state index contributed by atoms with van der Waals surface area (Å²) in [7, 11) is 0. The SMILES string of the molecule is Cc1cc(N)nc(-c2c(F)cc3c(N4C[C@H]5CC[C@@H](C4)N5)nc(OC[C@@]45CCCN4C[C@H](F)C5)nc3c2F)c1C1CC1. The first-order chi connectivity index (χ1) is 20.3. The van der Waals surface area contributed by atoms with Crippen LogP contribution in [0.1, 0.15) is 62.0 Å². The highest BCUT2D eigenvalue weighted by atomic mass is 19.1. The summed E-state index contributed by atoms with van der Waals surface area (Å²) in [5.41, 5.74) is 7.43. The van der Waals surface area contributed by atoms with Crippen molar-refractivity contribution in [2.45, 2.75) is 81.6 Å². The molecule has 4 saturated heterocycles. The lowest BCUT2D eigenvalue weighted by molar-refractivity contribution is 0.107. The summed E-state index contributed by atoms with van der Waals surface area (Å²) in [6.07, 6.45) is 5.33. The van der Waals surface area contributed by atoms with E-state index in [1.807, 2.05) is 6.92 Å². The van der Waals surface area contributed by atoms with Crippen LogP contribution in [0.5, 0.6) is 6.01 Å². The zero-order chi connectivity index (χ0) is 28.7. The lowest BCUT2D eigenvalue weighted by Gasteiger charge is -2.34. The van der Waals surface area contributed by atoms with Crippen molar-refractivity contribution in [1.29, 1.82) is 0 Å². The highest BCUT2D eigenvalue weighted by Crippen LogP contribution is 2.48. The maximum absolute atomic E-state index is 16.7. The van der Waals surface area contributed by atoms with Crippen molar-refractivity contribution in [2.24, 2.45) is 0 Å². The van der Waals surface area contributed by atoms with Crippen LogP contribution in [0.2, 0.25) is 0 Å². The number of hydrogen-bond donors (Lipinski definition) is 2. The van der Waals surface area contributed by atoms with Crippen LogP contribution in [-0.4, -0.2) is 76.4 Å². The molecule has 5 fully saturated rings. The molecule has 11 heteroatoms. The Morgan fingerprint density at radius 3 is 2.62 bits per heavy atom. The van der Waals surface area contributed by atoms with Gasteiger partial charge in [0.2, 0.25) is 0 Å². The summed E-state index contributed by atoms with van der Waals surface area (Å²) in [5.74, 6) is -0.610. The van der Waals surface area contributed by atoms with Crippen LogP contribution in [0.25, 0.3) is 22.2 Å². The van der Waals surface area contributed by atoms with Crippen molar-refractivity contribution >= 4 is 22.5 Å².